The van der Waals surface area contributed by atoms with Crippen LogP contribution in [0, 0.1) is 13.8 Å². The number of ether oxygens (including phenoxy) is 1. The molecule has 0 aromatic carbocycles. The topological polar surface area (TPSA) is 59.9 Å². The van der Waals surface area contributed by atoms with Crippen molar-refractivity contribution in [1.82, 2.24) is 20.3 Å². The van der Waals surface area contributed by atoms with Crippen LogP contribution in [-0.4, -0.2) is 41.8 Å². The first kappa shape index (κ1) is 16.0. The Morgan fingerprint density at radius 3 is 2.57 bits per heavy atom. The highest BCUT2D eigenvalue weighted by Gasteiger charge is 2.16. The van der Waals surface area contributed by atoms with Gasteiger partial charge in [-0.15, -0.1) is 11.3 Å². The van der Waals surface area contributed by atoms with Gasteiger partial charge in [0.05, 0.1) is 12.1 Å². The molecule has 0 fully saturated rings. The molecule has 6 heteroatoms. The van der Waals surface area contributed by atoms with E-state index < -0.39 is 0 Å². The normalized spacial score (nSPS) is 12.6. The predicted molar refractivity (Wildman–Crippen MR) is 85.8 cm³/mol. The van der Waals surface area contributed by atoms with Crippen LogP contribution in [0.1, 0.15) is 29.8 Å². The van der Waals surface area contributed by atoms with E-state index in [0.29, 0.717) is 5.92 Å². The van der Waals surface area contributed by atoms with Gasteiger partial charge in [-0.25, -0.2) is 15.0 Å². The predicted octanol–water partition coefficient (Wildman–Crippen LogP) is 2.56. The van der Waals surface area contributed by atoms with E-state index >= 15 is 0 Å². The summed E-state index contributed by atoms with van der Waals surface area (Å²) < 4.78 is 5.04. The highest BCUT2D eigenvalue weighted by atomic mass is 32.1. The van der Waals surface area contributed by atoms with E-state index in [1.54, 1.807) is 24.0 Å². The summed E-state index contributed by atoms with van der Waals surface area (Å²) in [7, 11) is 1.71. The van der Waals surface area contributed by atoms with E-state index in [4.69, 9.17) is 4.74 Å². The molecule has 1 N–H and O–H groups in total. The molecular weight excluding hydrogens is 284 g/mol. The summed E-state index contributed by atoms with van der Waals surface area (Å²) in [4.78, 5) is 13.5. The molecule has 0 aliphatic heterocycles. The Labute approximate surface area is 129 Å². The minimum Gasteiger partial charge on any atom is -0.383 e. The van der Waals surface area contributed by atoms with Gasteiger partial charge in [-0.1, -0.05) is 6.92 Å². The van der Waals surface area contributed by atoms with Gasteiger partial charge in [-0.3, -0.25) is 0 Å². The third-order valence-electron chi connectivity index (χ3n) is 3.41. The van der Waals surface area contributed by atoms with Crippen LogP contribution in [0.4, 0.5) is 0 Å². The lowest BCUT2D eigenvalue weighted by Crippen LogP contribution is -2.25. The Bertz CT molecular complexity index is 548. The Morgan fingerprint density at radius 1 is 1.29 bits per heavy atom. The average molecular weight is 306 g/mol. The Balaban J connectivity index is 2.13. The highest BCUT2D eigenvalue weighted by Crippen LogP contribution is 2.24. The van der Waals surface area contributed by atoms with Crippen molar-refractivity contribution in [1.29, 1.82) is 0 Å². The van der Waals surface area contributed by atoms with E-state index in [9.17, 15) is 0 Å². The van der Waals surface area contributed by atoms with Crippen LogP contribution in [0.5, 0.6) is 0 Å². The third kappa shape index (κ3) is 4.06. The van der Waals surface area contributed by atoms with Gasteiger partial charge in [0.2, 0.25) is 0 Å². The molecule has 0 saturated heterocycles. The van der Waals surface area contributed by atoms with Gasteiger partial charge in [0.25, 0.3) is 0 Å². The maximum atomic E-state index is 5.04. The van der Waals surface area contributed by atoms with Crippen LogP contribution in [0.15, 0.2) is 10.9 Å². The molecule has 5 nitrogen and oxygen atoms in total. The zero-order chi connectivity index (χ0) is 15.2. The summed E-state index contributed by atoms with van der Waals surface area (Å²) in [5, 5.41) is 5.37. The summed E-state index contributed by atoms with van der Waals surface area (Å²) in [5.74, 6) is 1.08. The maximum Gasteiger partial charge on any atom is 0.179 e. The molecule has 0 saturated carbocycles. The van der Waals surface area contributed by atoms with Crippen LogP contribution < -0.4 is 5.32 Å². The van der Waals surface area contributed by atoms with Crippen LogP contribution in [0.2, 0.25) is 0 Å². The molecule has 0 aliphatic carbocycles. The van der Waals surface area contributed by atoms with E-state index in [0.717, 1.165) is 42.6 Å². The molecular formula is C15H22N4OS. The number of methoxy groups -OCH3 is 1. The summed E-state index contributed by atoms with van der Waals surface area (Å²) in [6.45, 7) is 8.77. The Kier molecular flexibility index (Phi) is 5.78. The molecule has 0 radical (unpaired) electrons. The monoisotopic (exact) mass is 306 g/mol. The molecule has 2 rings (SSSR count). The molecule has 1 unspecified atom stereocenters. The Morgan fingerprint density at radius 2 is 2.00 bits per heavy atom. The van der Waals surface area contributed by atoms with E-state index in [-0.39, 0.29) is 0 Å². The fourth-order valence-electron chi connectivity index (χ4n) is 2.47. The number of rotatable bonds is 7. The molecule has 0 amide bonds. The minimum atomic E-state index is 0.367. The van der Waals surface area contributed by atoms with E-state index in [1.165, 1.54) is 5.56 Å². The van der Waals surface area contributed by atoms with Crippen molar-refractivity contribution in [3.05, 3.63) is 27.8 Å². The van der Waals surface area contributed by atoms with Gasteiger partial charge in [0.15, 0.2) is 5.82 Å². The van der Waals surface area contributed by atoms with Gasteiger partial charge in [-0.05, 0) is 25.3 Å². The van der Waals surface area contributed by atoms with Crippen molar-refractivity contribution in [2.75, 3.05) is 26.8 Å². The molecule has 0 aliphatic rings. The fraction of sp³-hybridized carbons (Fsp3) is 0.533. The van der Waals surface area contributed by atoms with Gasteiger partial charge in [0.1, 0.15) is 5.69 Å². The molecule has 2 heterocycles. The lowest BCUT2D eigenvalue weighted by atomic mass is 9.98. The summed E-state index contributed by atoms with van der Waals surface area (Å²) in [5.41, 5.74) is 5.94. The Hall–Kier alpha value is -1.37. The largest absolute Gasteiger partial charge is 0.383 e. The van der Waals surface area contributed by atoms with Gasteiger partial charge >= 0.3 is 0 Å². The number of nitrogens with one attached hydrogen (secondary N) is 1. The first-order valence-corrected chi connectivity index (χ1v) is 8.01. The molecule has 1 atom stereocenters. The highest BCUT2D eigenvalue weighted by molar-refractivity contribution is 7.07. The number of hydrogen-bond donors (Lipinski definition) is 1. The van der Waals surface area contributed by atoms with Gasteiger partial charge in [-0.2, -0.15) is 0 Å². The lowest BCUT2D eigenvalue weighted by molar-refractivity contribution is 0.199. The second-order valence-corrected chi connectivity index (χ2v) is 5.82. The van der Waals surface area contributed by atoms with Crippen molar-refractivity contribution in [2.24, 2.45) is 0 Å². The van der Waals surface area contributed by atoms with Crippen LogP contribution >= 0.6 is 11.3 Å². The molecule has 114 valence electrons. The van der Waals surface area contributed by atoms with Crippen molar-refractivity contribution >= 4 is 11.3 Å². The standard InChI is InChI=1S/C15H22N4OS/c1-10(7-16-5-6-20-4)14-11(2)18-15(19-12(14)3)13-8-21-9-17-13/h8-10,16H,5-7H2,1-4H3. The number of hydrogen-bond acceptors (Lipinski definition) is 6. The van der Waals surface area contributed by atoms with Crippen LogP contribution in [0.25, 0.3) is 11.5 Å². The van der Waals surface area contributed by atoms with Gasteiger partial charge < -0.3 is 10.1 Å². The summed E-state index contributed by atoms with van der Waals surface area (Å²) in [6.07, 6.45) is 0. The second kappa shape index (κ2) is 7.59. The number of aryl methyl sites for hydroxylation is 2. The number of nitrogens with zero attached hydrogens (tertiary/aromatic N) is 3. The molecule has 2 aromatic rings. The second-order valence-electron chi connectivity index (χ2n) is 5.10. The fourth-order valence-corrected chi connectivity index (χ4v) is 3.00. The van der Waals surface area contributed by atoms with Crippen molar-refractivity contribution < 1.29 is 4.74 Å². The van der Waals surface area contributed by atoms with Crippen LogP contribution in [-0.2, 0) is 4.74 Å². The maximum absolute atomic E-state index is 5.04. The third-order valence-corrected chi connectivity index (χ3v) is 4.00. The first-order valence-electron chi connectivity index (χ1n) is 7.06. The van der Waals surface area contributed by atoms with Crippen molar-refractivity contribution in [3.63, 3.8) is 0 Å². The minimum absolute atomic E-state index is 0.367. The molecule has 2 aromatic heterocycles. The number of aromatic nitrogens is 3. The molecule has 21 heavy (non-hydrogen) atoms. The van der Waals surface area contributed by atoms with Gasteiger partial charge in [0, 0.05) is 37.0 Å². The zero-order valence-electron chi connectivity index (χ0n) is 13.0. The lowest BCUT2D eigenvalue weighted by Gasteiger charge is -2.17. The smallest absolute Gasteiger partial charge is 0.179 e. The van der Waals surface area contributed by atoms with E-state index in [2.05, 4.69) is 27.2 Å². The zero-order valence-corrected chi connectivity index (χ0v) is 13.8. The quantitative estimate of drug-likeness (QED) is 0.797. The summed E-state index contributed by atoms with van der Waals surface area (Å²) in [6, 6.07) is 0. The van der Waals surface area contributed by atoms with Crippen molar-refractivity contribution in [3.8, 4) is 11.5 Å². The van der Waals surface area contributed by atoms with E-state index in [1.807, 2.05) is 19.2 Å². The summed E-state index contributed by atoms with van der Waals surface area (Å²) >= 11 is 1.56. The van der Waals surface area contributed by atoms with Crippen molar-refractivity contribution in [2.45, 2.75) is 26.7 Å². The average Bonchev–Trinajstić information content (AvgIpc) is 2.97. The first-order chi connectivity index (χ1) is 10.1. The molecule has 0 bridgehead atoms. The van der Waals surface area contributed by atoms with Crippen LogP contribution in [0.3, 0.4) is 0 Å². The number of thiazole rings is 1. The molecule has 0 spiro atoms. The SMILES string of the molecule is COCCNCC(C)c1c(C)nc(-c2cscn2)nc1C.